The lowest BCUT2D eigenvalue weighted by Crippen LogP contribution is -2.56. The topological polar surface area (TPSA) is 30.0 Å². The zero-order valence-electron chi connectivity index (χ0n) is 14.3. The van der Waals surface area contributed by atoms with Crippen molar-refractivity contribution in [1.82, 2.24) is 19.6 Å². The minimum atomic E-state index is 0.227. The van der Waals surface area contributed by atoms with Crippen LogP contribution in [0.4, 0.5) is 4.79 Å². The zero-order valence-corrected chi connectivity index (χ0v) is 14.3. The summed E-state index contributed by atoms with van der Waals surface area (Å²) in [6, 6.07) is 11.3. The van der Waals surface area contributed by atoms with Crippen LogP contribution in [0.1, 0.15) is 18.5 Å². The Morgan fingerprint density at radius 3 is 1.96 bits per heavy atom. The van der Waals surface area contributed by atoms with Crippen molar-refractivity contribution in [3.8, 4) is 0 Å². The number of likely N-dealkylation sites (N-methyl/N-ethyl adjacent to an activating group) is 1. The highest BCUT2D eigenvalue weighted by Gasteiger charge is 2.28. The average molecular weight is 316 g/mol. The van der Waals surface area contributed by atoms with Gasteiger partial charge in [-0.15, -0.1) is 0 Å². The smallest absolute Gasteiger partial charge is 0.320 e. The highest BCUT2D eigenvalue weighted by molar-refractivity contribution is 5.74. The molecule has 2 aliphatic heterocycles. The van der Waals surface area contributed by atoms with Crippen LogP contribution >= 0.6 is 0 Å². The molecule has 1 aromatic carbocycles. The van der Waals surface area contributed by atoms with E-state index in [0.29, 0.717) is 6.04 Å². The Kier molecular flexibility index (Phi) is 5.18. The van der Waals surface area contributed by atoms with Gasteiger partial charge in [-0.1, -0.05) is 30.3 Å². The molecule has 23 heavy (non-hydrogen) atoms. The lowest BCUT2D eigenvalue weighted by molar-refractivity contribution is 0.0832. The van der Waals surface area contributed by atoms with Crippen LogP contribution in [0.15, 0.2) is 30.3 Å². The van der Waals surface area contributed by atoms with E-state index in [1.165, 1.54) is 5.56 Å². The molecule has 1 unspecified atom stereocenters. The fourth-order valence-electron chi connectivity index (χ4n) is 3.44. The van der Waals surface area contributed by atoms with Gasteiger partial charge in [-0.3, -0.25) is 4.90 Å². The summed E-state index contributed by atoms with van der Waals surface area (Å²) >= 11 is 0. The predicted octanol–water partition coefficient (Wildman–Crippen LogP) is 1.73. The number of amides is 2. The van der Waals surface area contributed by atoms with Crippen molar-refractivity contribution in [2.75, 3.05) is 59.4 Å². The molecule has 2 aliphatic rings. The van der Waals surface area contributed by atoms with Crippen LogP contribution in [0.2, 0.25) is 0 Å². The zero-order chi connectivity index (χ0) is 16.2. The molecule has 0 radical (unpaired) electrons. The second-order valence-corrected chi connectivity index (χ2v) is 6.68. The van der Waals surface area contributed by atoms with Crippen LogP contribution < -0.4 is 0 Å². The first-order valence-electron chi connectivity index (χ1n) is 8.66. The number of carbonyl (C=O) groups is 1. The van der Waals surface area contributed by atoms with Gasteiger partial charge < -0.3 is 14.7 Å². The maximum atomic E-state index is 12.6. The summed E-state index contributed by atoms with van der Waals surface area (Å²) in [6.45, 7) is 9.52. The van der Waals surface area contributed by atoms with Crippen molar-refractivity contribution in [2.45, 2.75) is 13.0 Å². The van der Waals surface area contributed by atoms with Crippen molar-refractivity contribution >= 4 is 6.03 Å². The normalized spacial score (nSPS) is 22.2. The number of hydrogen-bond donors (Lipinski definition) is 0. The summed E-state index contributed by atoms with van der Waals surface area (Å²) in [7, 11) is 2.12. The van der Waals surface area contributed by atoms with Gasteiger partial charge in [0.15, 0.2) is 0 Å². The Bertz CT molecular complexity index is 505. The molecule has 1 atom stereocenters. The molecule has 0 spiro atoms. The van der Waals surface area contributed by atoms with Crippen molar-refractivity contribution in [3.63, 3.8) is 0 Å². The van der Waals surface area contributed by atoms with Crippen molar-refractivity contribution in [2.24, 2.45) is 0 Å². The number of benzene rings is 1. The fraction of sp³-hybridized carbons (Fsp3) is 0.611. The van der Waals surface area contributed by atoms with E-state index in [0.717, 1.165) is 52.4 Å². The Morgan fingerprint density at radius 1 is 0.870 bits per heavy atom. The van der Waals surface area contributed by atoms with E-state index in [-0.39, 0.29) is 6.03 Å². The average Bonchev–Trinajstić information content (AvgIpc) is 2.62. The van der Waals surface area contributed by atoms with Gasteiger partial charge in [0.2, 0.25) is 0 Å². The monoisotopic (exact) mass is 316 g/mol. The highest BCUT2D eigenvalue weighted by atomic mass is 16.2. The summed E-state index contributed by atoms with van der Waals surface area (Å²) in [5.74, 6) is 0. The second kappa shape index (κ2) is 7.32. The summed E-state index contributed by atoms with van der Waals surface area (Å²) < 4.78 is 0. The van der Waals surface area contributed by atoms with Crippen LogP contribution in [0, 0.1) is 0 Å². The van der Waals surface area contributed by atoms with Gasteiger partial charge >= 0.3 is 6.03 Å². The summed E-state index contributed by atoms with van der Waals surface area (Å²) in [5.41, 5.74) is 1.35. The van der Waals surface area contributed by atoms with Gasteiger partial charge in [0.05, 0.1) is 0 Å². The molecule has 1 aromatic rings. The van der Waals surface area contributed by atoms with Crippen molar-refractivity contribution in [1.29, 1.82) is 0 Å². The second-order valence-electron chi connectivity index (χ2n) is 6.68. The molecule has 5 nitrogen and oxygen atoms in total. The SMILES string of the molecule is CC(c1ccccc1)N1CCN(C(=O)N2CCN(C)CC2)CC1. The number of nitrogens with zero attached hydrogens (tertiary/aromatic N) is 4. The van der Waals surface area contributed by atoms with Gasteiger partial charge in [-0.05, 0) is 19.5 Å². The minimum absolute atomic E-state index is 0.227. The van der Waals surface area contributed by atoms with E-state index in [1.54, 1.807) is 0 Å². The molecule has 3 rings (SSSR count). The molecular weight excluding hydrogens is 288 g/mol. The fourth-order valence-corrected chi connectivity index (χ4v) is 3.44. The number of carbonyl (C=O) groups excluding carboxylic acids is 1. The first kappa shape index (κ1) is 16.3. The van der Waals surface area contributed by atoms with E-state index < -0.39 is 0 Å². The molecule has 0 bridgehead atoms. The quantitative estimate of drug-likeness (QED) is 0.832. The predicted molar refractivity (Wildman–Crippen MR) is 92.5 cm³/mol. The Morgan fingerprint density at radius 2 is 1.39 bits per heavy atom. The summed E-state index contributed by atoms with van der Waals surface area (Å²) in [4.78, 5) is 21.4. The Hall–Kier alpha value is -1.59. The van der Waals surface area contributed by atoms with Crippen LogP contribution in [0.25, 0.3) is 0 Å². The molecule has 2 fully saturated rings. The van der Waals surface area contributed by atoms with Gasteiger partial charge in [0.25, 0.3) is 0 Å². The van der Waals surface area contributed by atoms with E-state index in [1.807, 2.05) is 9.80 Å². The molecular formula is C18H28N4O. The molecule has 2 heterocycles. The number of urea groups is 1. The van der Waals surface area contributed by atoms with E-state index in [2.05, 4.69) is 54.1 Å². The summed E-state index contributed by atoms with van der Waals surface area (Å²) in [6.07, 6.45) is 0. The third-order valence-electron chi connectivity index (χ3n) is 5.19. The van der Waals surface area contributed by atoms with E-state index in [4.69, 9.17) is 0 Å². The first-order chi connectivity index (χ1) is 11.1. The number of rotatable bonds is 2. The molecule has 0 saturated carbocycles. The van der Waals surface area contributed by atoms with E-state index in [9.17, 15) is 4.79 Å². The van der Waals surface area contributed by atoms with E-state index >= 15 is 0 Å². The lowest BCUT2D eigenvalue weighted by Gasteiger charge is -2.41. The minimum Gasteiger partial charge on any atom is -0.322 e. The molecule has 0 aliphatic carbocycles. The lowest BCUT2D eigenvalue weighted by atomic mass is 10.1. The molecule has 5 heteroatoms. The highest BCUT2D eigenvalue weighted by Crippen LogP contribution is 2.21. The van der Waals surface area contributed by atoms with Gasteiger partial charge in [-0.2, -0.15) is 0 Å². The van der Waals surface area contributed by atoms with Crippen LogP contribution in [-0.4, -0.2) is 85.0 Å². The van der Waals surface area contributed by atoms with Crippen molar-refractivity contribution in [3.05, 3.63) is 35.9 Å². The van der Waals surface area contributed by atoms with Crippen LogP contribution in [0.5, 0.6) is 0 Å². The molecule has 0 aromatic heterocycles. The maximum absolute atomic E-state index is 12.6. The standard InChI is InChI=1S/C18H28N4O/c1-16(17-6-4-3-5-7-17)20-12-14-22(15-13-20)18(23)21-10-8-19(2)9-11-21/h3-7,16H,8-15H2,1-2H3. The third kappa shape index (κ3) is 3.85. The Labute approximate surface area is 139 Å². The van der Waals surface area contributed by atoms with Gasteiger partial charge in [0.1, 0.15) is 0 Å². The molecule has 0 N–H and O–H groups in total. The largest absolute Gasteiger partial charge is 0.322 e. The van der Waals surface area contributed by atoms with Gasteiger partial charge in [0, 0.05) is 58.4 Å². The first-order valence-corrected chi connectivity index (χ1v) is 8.66. The molecule has 126 valence electrons. The number of piperazine rings is 2. The van der Waals surface area contributed by atoms with Crippen molar-refractivity contribution < 1.29 is 4.79 Å². The number of hydrogen-bond acceptors (Lipinski definition) is 3. The molecule has 2 amide bonds. The Balaban J connectivity index is 1.51. The van der Waals surface area contributed by atoms with Gasteiger partial charge in [-0.25, -0.2) is 4.79 Å². The van der Waals surface area contributed by atoms with Crippen LogP contribution in [-0.2, 0) is 0 Å². The maximum Gasteiger partial charge on any atom is 0.320 e. The van der Waals surface area contributed by atoms with Crippen LogP contribution in [0.3, 0.4) is 0 Å². The third-order valence-corrected chi connectivity index (χ3v) is 5.19. The summed E-state index contributed by atoms with van der Waals surface area (Å²) in [5, 5.41) is 0. The molecule has 2 saturated heterocycles.